The fraction of sp³-hybridized carbons (Fsp3) is 0.692. The molecule has 190 valence electrons. The average Bonchev–Trinajstić information content (AvgIpc) is 3.30. The zero-order valence-corrected chi connectivity index (χ0v) is 22.8. The number of carbonyl (C=O) groups is 2. The topological polar surface area (TPSA) is 86.1 Å². The van der Waals surface area contributed by atoms with Crippen LogP contribution in [-0.4, -0.2) is 39.0 Å². The van der Waals surface area contributed by atoms with Crippen molar-refractivity contribution in [3.05, 3.63) is 21.8 Å². The summed E-state index contributed by atoms with van der Waals surface area (Å²) in [5.41, 5.74) is 1.73. The summed E-state index contributed by atoms with van der Waals surface area (Å²) in [7, 11) is 0. The van der Waals surface area contributed by atoms with Gasteiger partial charge < -0.3 is 14.6 Å². The summed E-state index contributed by atoms with van der Waals surface area (Å²) in [5.74, 6) is 3.50. The van der Waals surface area contributed by atoms with Gasteiger partial charge in [-0.2, -0.15) is 0 Å². The van der Waals surface area contributed by atoms with Crippen molar-refractivity contribution in [2.24, 2.45) is 23.2 Å². The third-order valence-electron chi connectivity index (χ3n) is 8.26. The first-order chi connectivity index (χ1) is 16.8. The lowest BCUT2D eigenvalue weighted by molar-refractivity contribution is -0.113. The maximum atomic E-state index is 12.8. The fourth-order valence-corrected chi connectivity index (χ4v) is 9.06. The maximum absolute atomic E-state index is 12.8. The molecule has 1 N–H and O–H groups in total. The molecule has 1 amide bonds. The van der Waals surface area contributed by atoms with E-state index in [0.717, 1.165) is 52.1 Å². The van der Waals surface area contributed by atoms with Crippen LogP contribution in [0.3, 0.4) is 0 Å². The molecule has 6 rings (SSSR count). The Balaban J connectivity index is 1.24. The molecule has 0 aliphatic heterocycles. The number of esters is 1. The number of amides is 1. The monoisotopic (exact) mass is 516 g/mol. The molecule has 35 heavy (non-hydrogen) atoms. The lowest BCUT2D eigenvalue weighted by atomic mass is 9.49. The van der Waals surface area contributed by atoms with E-state index in [4.69, 9.17) is 4.74 Å². The first kappa shape index (κ1) is 24.8. The van der Waals surface area contributed by atoms with Gasteiger partial charge in [-0.15, -0.1) is 21.5 Å². The number of thioether (sulfide) groups is 1. The molecular weight excluding hydrogens is 480 g/mol. The van der Waals surface area contributed by atoms with Gasteiger partial charge in [0.1, 0.15) is 10.8 Å². The molecule has 4 aliphatic carbocycles. The minimum Gasteiger partial charge on any atom is -0.462 e. The standard InChI is InChI=1S/C26H36N4O3S2/c1-5-30-20(13-26-10-17-7-18(11-26)9-19(8-17)12-26)28-29-25(30)34-14-21(31)27-23-22(24(32)33-6-2)15(3)16(4)35-23/h17-19H,5-14H2,1-4H3,(H,27,31). The van der Waals surface area contributed by atoms with Crippen molar-refractivity contribution in [3.8, 4) is 0 Å². The molecule has 2 aromatic rings. The summed E-state index contributed by atoms with van der Waals surface area (Å²) in [6.45, 7) is 8.84. The highest BCUT2D eigenvalue weighted by Crippen LogP contribution is 2.61. The van der Waals surface area contributed by atoms with Crippen LogP contribution in [0.2, 0.25) is 0 Å². The second-order valence-electron chi connectivity index (χ2n) is 10.8. The van der Waals surface area contributed by atoms with E-state index in [1.807, 2.05) is 13.8 Å². The molecule has 4 fully saturated rings. The van der Waals surface area contributed by atoms with E-state index in [1.54, 1.807) is 6.92 Å². The fourth-order valence-electron chi connectivity index (χ4n) is 7.17. The van der Waals surface area contributed by atoms with E-state index in [9.17, 15) is 9.59 Å². The van der Waals surface area contributed by atoms with Gasteiger partial charge in [0.2, 0.25) is 5.91 Å². The van der Waals surface area contributed by atoms with Crippen molar-refractivity contribution in [2.75, 3.05) is 17.7 Å². The van der Waals surface area contributed by atoms with Crippen molar-refractivity contribution in [1.82, 2.24) is 14.8 Å². The van der Waals surface area contributed by atoms with Gasteiger partial charge in [-0.3, -0.25) is 4.79 Å². The highest BCUT2D eigenvalue weighted by molar-refractivity contribution is 7.99. The zero-order valence-electron chi connectivity index (χ0n) is 21.2. The normalized spacial score (nSPS) is 26.8. The molecule has 0 spiro atoms. The van der Waals surface area contributed by atoms with Gasteiger partial charge in [0.25, 0.3) is 0 Å². The number of ether oxygens (including phenoxy) is 1. The third-order valence-corrected chi connectivity index (χ3v) is 10.3. The highest BCUT2D eigenvalue weighted by Gasteiger charge is 2.51. The van der Waals surface area contributed by atoms with Crippen LogP contribution in [0.15, 0.2) is 5.16 Å². The van der Waals surface area contributed by atoms with E-state index < -0.39 is 5.97 Å². The largest absolute Gasteiger partial charge is 0.462 e. The number of hydrogen-bond acceptors (Lipinski definition) is 7. The van der Waals surface area contributed by atoms with E-state index in [2.05, 4.69) is 27.0 Å². The number of aryl methyl sites for hydroxylation is 1. The number of nitrogens with one attached hydrogen (secondary N) is 1. The van der Waals surface area contributed by atoms with Gasteiger partial charge in [-0.25, -0.2) is 4.79 Å². The Bertz CT molecular complexity index is 1090. The summed E-state index contributed by atoms with van der Waals surface area (Å²) in [6, 6.07) is 0. The molecular formula is C26H36N4O3S2. The molecule has 0 atom stereocenters. The van der Waals surface area contributed by atoms with E-state index in [-0.39, 0.29) is 11.7 Å². The van der Waals surface area contributed by atoms with Gasteiger partial charge in [0.05, 0.1) is 17.9 Å². The van der Waals surface area contributed by atoms with Crippen LogP contribution in [0, 0.1) is 37.0 Å². The number of rotatable bonds is 9. The van der Waals surface area contributed by atoms with Crippen LogP contribution in [0.25, 0.3) is 0 Å². The van der Waals surface area contributed by atoms with E-state index in [1.165, 1.54) is 61.6 Å². The second kappa shape index (κ2) is 9.88. The number of carbonyl (C=O) groups excluding carboxylic acids is 2. The smallest absolute Gasteiger partial charge is 0.341 e. The first-order valence-electron chi connectivity index (χ1n) is 12.9. The van der Waals surface area contributed by atoms with Gasteiger partial charge in [0.15, 0.2) is 5.16 Å². The summed E-state index contributed by atoms with van der Waals surface area (Å²) < 4.78 is 7.39. The Kier molecular flexibility index (Phi) is 7.00. The van der Waals surface area contributed by atoms with E-state index in [0.29, 0.717) is 22.6 Å². The molecule has 2 aromatic heterocycles. The predicted molar refractivity (Wildman–Crippen MR) is 139 cm³/mol. The van der Waals surface area contributed by atoms with Gasteiger partial charge in [0, 0.05) is 17.8 Å². The third kappa shape index (κ3) is 4.90. The number of nitrogens with zero attached hydrogens (tertiary/aromatic N) is 3. The lowest BCUT2D eigenvalue weighted by Gasteiger charge is -2.56. The molecule has 0 unspecified atom stereocenters. The van der Waals surface area contributed by atoms with E-state index >= 15 is 0 Å². The van der Waals surface area contributed by atoms with Crippen LogP contribution in [-0.2, 0) is 22.5 Å². The predicted octanol–water partition coefficient (Wildman–Crippen LogP) is 5.64. The summed E-state index contributed by atoms with van der Waals surface area (Å²) in [4.78, 5) is 26.2. The van der Waals surface area contributed by atoms with Crippen molar-refractivity contribution in [3.63, 3.8) is 0 Å². The molecule has 2 heterocycles. The van der Waals surface area contributed by atoms with Gasteiger partial charge >= 0.3 is 5.97 Å². The van der Waals surface area contributed by atoms with Crippen molar-refractivity contribution < 1.29 is 14.3 Å². The quantitative estimate of drug-likeness (QED) is 0.343. The minimum absolute atomic E-state index is 0.157. The Morgan fingerprint density at radius 1 is 1.11 bits per heavy atom. The second-order valence-corrected chi connectivity index (χ2v) is 12.9. The summed E-state index contributed by atoms with van der Waals surface area (Å²) in [5, 5.41) is 13.4. The minimum atomic E-state index is -0.391. The van der Waals surface area contributed by atoms with Crippen LogP contribution in [0.5, 0.6) is 0 Å². The Labute approximate surface area is 215 Å². The lowest BCUT2D eigenvalue weighted by Crippen LogP contribution is -2.47. The molecule has 0 saturated heterocycles. The Hall–Kier alpha value is -1.87. The van der Waals surface area contributed by atoms with Gasteiger partial charge in [-0.05, 0) is 95.0 Å². The van der Waals surface area contributed by atoms with Crippen molar-refractivity contribution >= 4 is 40.0 Å². The number of hydrogen-bond donors (Lipinski definition) is 1. The maximum Gasteiger partial charge on any atom is 0.341 e. The number of aromatic nitrogens is 3. The molecule has 7 nitrogen and oxygen atoms in total. The first-order valence-corrected chi connectivity index (χ1v) is 14.7. The van der Waals surface area contributed by atoms with Gasteiger partial charge in [-0.1, -0.05) is 11.8 Å². The van der Waals surface area contributed by atoms with Crippen LogP contribution >= 0.6 is 23.1 Å². The molecule has 4 bridgehead atoms. The Morgan fingerprint density at radius 3 is 2.37 bits per heavy atom. The average molecular weight is 517 g/mol. The van der Waals surface area contributed by atoms with Crippen LogP contribution in [0.1, 0.15) is 79.0 Å². The summed E-state index contributed by atoms with van der Waals surface area (Å²) in [6.07, 6.45) is 9.39. The molecule has 0 radical (unpaired) electrons. The summed E-state index contributed by atoms with van der Waals surface area (Å²) >= 11 is 2.83. The SMILES string of the molecule is CCOC(=O)c1c(NC(=O)CSc2nnc(CC34CC5CC(CC(C5)C3)C4)n2CC)sc(C)c1C. The zero-order chi connectivity index (χ0) is 24.7. The van der Waals surface area contributed by atoms with Crippen molar-refractivity contribution in [1.29, 1.82) is 0 Å². The number of thiophene rings is 1. The van der Waals surface area contributed by atoms with Crippen LogP contribution in [0.4, 0.5) is 5.00 Å². The highest BCUT2D eigenvalue weighted by atomic mass is 32.2. The number of anilines is 1. The molecule has 0 aromatic carbocycles. The van der Waals surface area contributed by atoms with Crippen LogP contribution < -0.4 is 5.32 Å². The molecule has 4 saturated carbocycles. The molecule has 4 aliphatic rings. The van der Waals surface area contributed by atoms with Crippen molar-refractivity contribution in [2.45, 2.75) is 84.3 Å². The molecule has 9 heteroatoms. The Morgan fingerprint density at radius 2 is 1.77 bits per heavy atom.